The Labute approximate surface area is 201 Å². The lowest BCUT2D eigenvalue weighted by molar-refractivity contribution is -0.141. The van der Waals surface area contributed by atoms with Crippen molar-refractivity contribution in [3.63, 3.8) is 0 Å². The summed E-state index contributed by atoms with van der Waals surface area (Å²) in [5.74, 6) is -0.994. The number of hydrogen-bond donors (Lipinski definition) is 3. The standard InChI is InChI=1S/C26H35N3O5/c1-7-29(24(32)21(16-30)28-25(33)34-26(4,5)6)22(19-13-10-11-17(2)15-19)23(31)27-20-14-9-8-12-18(20)3/h8-15,21-22,30H,7,16H2,1-6H3,(H,27,31)(H,28,33). The lowest BCUT2D eigenvalue weighted by atomic mass is 10.0. The normalized spacial score (nSPS) is 12.9. The molecule has 2 aromatic carbocycles. The minimum absolute atomic E-state index is 0.172. The molecule has 0 aliphatic carbocycles. The molecule has 3 amide bonds. The van der Waals surface area contributed by atoms with E-state index in [0.29, 0.717) is 11.3 Å². The lowest BCUT2D eigenvalue weighted by Crippen LogP contribution is -2.53. The molecule has 0 aliphatic rings. The molecule has 3 N–H and O–H groups in total. The van der Waals surface area contributed by atoms with Crippen LogP contribution < -0.4 is 10.6 Å². The Morgan fingerprint density at radius 1 is 1.06 bits per heavy atom. The molecule has 0 spiro atoms. The summed E-state index contributed by atoms with van der Waals surface area (Å²) in [4.78, 5) is 40.6. The molecule has 2 rings (SSSR count). The first-order valence-corrected chi connectivity index (χ1v) is 11.3. The Kier molecular flexibility index (Phi) is 9.20. The number of likely N-dealkylation sites (N-methyl/N-ethyl adjacent to an activating group) is 1. The van der Waals surface area contributed by atoms with Crippen LogP contribution in [0.4, 0.5) is 10.5 Å². The number of nitrogens with zero attached hydrogens (tertiary/aromatic N) is 1. The number of aliphatic hydroxyl groups excluding tert-OH is 1. The van der Waals surface area contributed by atoms with E-state index in [0.717, 1.165) is 11.1 Å². The van der Waals surface area contributed by atoms with E-state index in [4.69, 9.17) is 4.74 Å². The molecule has 0 saturated carbocycles. The van der Waals surface area contributed by atoms with Gasteiger partial charge in [-0.25, -0.2) is 4.79 Å². The van der Waals surface area contributed by atoms with Gasteiger partial charge in [-0.1, -0.05) is 48.0 Å². The highest BCUT2D eigenvalue weighted by Crippen LogP contribution is 2.26. The molecular formula is C26H35N3O5. The SMILES string of the molecule is CCN(C(=O)C(CO)NC(=O)OC(C)(C)C)C(C(=O)Nc1ccccc1C)c1cccc(C)c1. The second-order valence-electron chi connectivity index (χ2n) is 9.13. The molecular weight excluding hydrogens is 434 g/mol. The number of anilines is 1. The summed E-state index contributed by atoms with van der Waals surface area (Å²) < 4.78 is 5.22. The van der Waals surface area contributed by atoms with E-state index in [-0.39, 0.29) is 6.54 Å². The van der Waals surface area contributed by atoms with E-state index in [1.54, 1.807) is 39.8 Å². The highest BCUT2D eigenvalue weighted by atomic mass is 16.6. The number of hydrogen-bond acceptors (Lipinski definition) is 5. The van der Waals surface area contributed by atoms with Crippen LogP contribution >= 0.6 is 0 Å². The molecule has 8 nitrogen and oxygen atoms in total. The number of carbonyl (C=O) groups is 3. The van der Waals surface area contributed by atoms with Gasteiger partial charge in [0, 0.05) is 12.2 Å². The summed E-state index contributed by atoms with van der Waals surface area (Å²) in [6.07, 6.45) is -0.826. The van der Waals surface area contributed by atoms with Crippen LogP contribution in [0.15, 0.2) is 48.5 Å². The maximum Gasteiger partial charge on any atom is 0.408 e. The lowest BCUT2D eigenvalue weighted by Gasteiger charge is -2.33. The Balaban J connectivity index is 2.39. The number of alkyl carbamates (subject to hydrolysis) is 1. The number of benzene rings is 2. The fraction of sp³-hybridized carbons (Fsp3) is 0.423. The first-order valence-electron chi connectivity index (χ1n) is 11.3. The van der Waals surface area contributed by atoms with Crippen LogP contribution in [0.1, 0.15) is 50.4 Å². The summed E-state index contributed by atoms with van der Waals surface area (Å²) in [7, 11) is 0. The van der Waals surface area contributed by atoms with E-state index in [9.17, 15) is 19.5 Å². The average molecular weight is 470 g/mol. The number of amides is 3. The molecule has 34 heavy (non-hydrogen) atoms. The maximum absolute atomic E-state index is 13.5. The van der Waals surface area contributed by atoms with Gasteiger partial charge in [0.2, 0.25) is 5.91 Å². The van der Waals surface area contributed by atoms with Crippen LogP contribution in [-0.4, -0.2) is 52.7 Å². The number of ether oxygens (including phenoxy) is 1. The Morgan fingerprint density at radius 3 is 2.29 bits per heavy atom. The van der Waals surface area contributed by atoms with Crippen LogP contribution in [0, 0.1) is 13.8 Å². The number of carbonyl (C=O) groups excluding carboxylic acids is 3. The van der Waals surface area contributed by atoms with Crippen molar-refractivity contribution < 1.29 is 24.2 Å². The highest BCUT2D eigenvalue weighted by Gasteiger charge is 2.35. The van der Waals surface area contributed by atoms with Crippen LogP contribution in [0.2, 0.25) is 0 Å². The summed E-state index contributed by atoms with van der Waals surface area (Å²) in [5, 5.41) is 15.2. The summed E-state index contributed by atoms with van der Waals surface area (Å²) in [6, 6.07) is 12.5. The Morgan fingerprint density at radius 2 is 1.74 bits per heavy atom. The van der Waals surface area contributed by atoms with Crippen LogP contribution in [0.3, 0.4) is 0 Å². The molecule has 0 radical (unpaired) electrons. The second kappa shape index (κ2) is 11.7. The maximum atomic E-state index is 13.5. The zero-order valence-electron chi connectivity index (χ0n) is 20.7. The first kappa shape index (κ1) is 26.9. The molecule has 184 valence electrons. The molecule has 0 heterocycles. The van der Waals surface area contributed by atoms with Crippen molar-refractivity contribution in [3.8, 4) is 0 Å². The van der Waals surface area contributed by atoms with Gasteiger partial charge >= 0.3 is 6.09 Å². The quantitative estimate of drug-likeness (QED) is 0.546. The van der Waals surface area contributed by atoms with E-state index >= 15 is 0 Å². The third kappa shape index (κ3) is 7.31. The van der Waals surface area contributed by atoms with Gasteiger partial charge in [0.15, 0.2) is 0 Å². The van der Waals surface area contributed by atoms with Gasteiger partial charge in [-0.3, -0.25) is 9.59 Å². The van der Waals surface area contributed by atoms with Crippen molar-refractivity contribution in [3.05, 3.63) is 65.2 Å². The molecule has 2 atom stereocenters. The molecule has 0 saturated heterocycles. The number of para-hydroxylation sites is 1. The third-order valence-electron chi connectivity index (χ3n) is 5.12. The molecule has 2 unspecified atom stereocenters. The van der Waals surface area contributed by atoms with E-state index in [2.05, 4.69) is 10.6 Å². The van der Waals surface area contributed by atoms with E-state index in [1.807, 2.05) is 50.2 Å². The monoisotopic (exact) mass is 469 g/mol. The van der Waals surface area contributed by atoms with Crippen molar-refractivity contribution in [2.75, 3.05) is 18.5 Å². The minimum Gasteiger partial charge on any atom is -0.444 e. The zero-order chi connectivity index (χ0) is 25.5. The fourth-order valence-corrected chi connectivity index (χ4v) is 3.53. The Bertz CT molecular complexity index is 1020. The number of aliphatic hydroxyl groups is 1. The number of aryl methyl sites for hydroxylation is 2. The van der Waals surface area contributed by atoms with E-state index < -0.39 is 42.2 Å². The molecule has 0 aromatic heterocycles. The molecule has 0 fully saturated rings. The summed E-state index contributed by atoms with van der Waals surface area (Å²) >= 11 is 0. The molecule has 0 aliphatic heterocycles. The van der Waals surface area contributed by atoms with Crippen LogP contribution in [0.5, 0.6) is 0 Å². The third-order valence-corrected chi connectivity index (χ3v) is 5.12. The van der Waals surface area contributed by atoms with Crippen molar-refractivity contribution in [2.24, 2.45) is 0 Å². The van der Waals surface area contributed by atoms with E-state index in [1.165, 1.54) is 4.90 Å². The first-order chi connectivity index (χ1) is 16.0. The predicted octanol–water partition coefficient (Wildman–Crippen LogP) is 3.72. The minimum atomic E-state index is -1.27. The second-order valence-corrected chi connectivity index (χ2v) is 9.13. The van der Waals surface area contributed by atoms with Crippen LogP contribution in [0.25, 0.3) is 0 Å². The molecule has 2 aromatic rings. The van der Waals surface area contributed by atoms with Crippen molar-refractivity contribution >= 4 is 23.6 Å². The van der Waals surface area contributed by atoms with Crippen LogP contribution in [-0.2, 0) is 14.3 Å². The highest BCUT2D eigenvalue weighted by molar-refractivity contribution is 5.99. The van der Waals surface area contributed by atoms with Gasteiger partial charge in [0.05, 0.1) is 6.61 Å². The smallest absolute Gasteiger partial charge is 0.408 e. The van der Waals surface area contributed by atoms with Crippen molar-refractivity contribution in [1.82, 2.24) is 10.2 Å². The van der Waals surface area contributed by atoms with Gasteiger partial charge < -0.3 is 25.4 Å². The zero-order valence-corrected chi connectivity index (χ0v) is 20.7. The number of rotatable bonds is 8. The van der Waals surface area contributed by atoms with Crippen molar-refractivity contribution in [2.45, 2.75) is 59.2 Å². The Hall–Kier alpha value is -3.39. The van der Waals surface area contributed by atoms with Gasteiger partial charge in [-0.05, 0) is 58.7 Å². The summed E-state index contributed by atoms with van der Waals surface area (Å²) in [6.45, 7) is 10.1. The average Bonchev–Trinajstić information content (AvgIpc) is 2.75. The summed E-state index contributed by atoms with van der Waals surface area (Å²) in [5.41, 5.74) is 2.30. The number of nitrogens with one attached hydrogen (secondary N) is 2. The van der Waals surface area contributed by atoms with Gasteiger partial charge in [0.1, 0.15) is 17.7 Å². The molecule has 0 bridgehead atoms. The van der Waals surface area contributed by atoms with Gasteiger partial charge in [0.25, 0.3) is 5.91 Å². The van der Waals surface area contributed by atoms with Gasteiger partial charge in [-0.2, -0.15) is 0 Å². The largest absolute Gasteiger partial charge is 0.444 e. The molecule has 8 heteroatoms. The topological polar surface area (TPSA) is 108 Å². The van der Waals surface area contributed by atoms with Crippen molar-refractivity contribution in [1.29, 1.82) is 0 Å². The van der Waals surface area contributed by atoms with Gasteiger partial charge in [-0.15, -0.1) is 0 Å². The predicted molar refractivity (Wildman–Crippen MR) is 131 cm³/mol. The fourth-order valence-electron chi connectivity index (χ4n) is 3.53.